The molecule has 152 valence electrons. The van der Waals surface area contributed by atoms with Crippen LogP contribution in [0.25, 0.3) is 16.7 Å². The van der Waals surface area contributed by atoms with Gasteiger partial charge in [0.2, 0.25) is 0 Å². The van der Waals surface area contributed by atoms with Gasteiger partial charge >= 0.3 is 6.09 Å². The summed E-state index contributed by atoms with van der Waals surface area (Å²) >= 11 is 0. The minimum atomic E-state index is -0.464. The van der Waals surface area contributed by atoms with Crippen LogP contribution in [0.2, 0.25) is 0 Å². The molecule has 1 aliphatic rings. The third-order valence-corrected chi connectivity index (χ3v) is 5.06. The monoisotopic (exact) mass is 392 g/mol. The first-order valence-corrected chi connectivity index (χ1v) is 10.1. The van der Waals surface area contributed by atoms with Crippen LogP contribution >= 0.6 is 0 Å². The van der Waals surface area contributed by atoms with Crippen molar-refractivity contribution in [1.29, 1.82) is 0 Å². The summed E-state index contributed by atoms with van der Waals surface area (Å²) in [4.78, 5) is 18.7. The van der Waals surface area contributed by atoms with Gasteiger partial charge in [-0.25, -0.2) is 9.78 Å². The zero-order valence-corrected chi connectivity index (χ0v) is 17.5. The number of para-hydroxylation sites is 2. The number of likely N-dealkylation sites (tertiary alicyclic amines) is 1. The third kappa shape index (κ3) is 4.21. The Morgan fingerprint density at radius 1 is 1.14 bits per heavy atom. The highest BCUT2D eigenvalue weighted by Gasteiger charge is 2.29. The van der Waals surface area contributed by atoms with E-state index in [1.54, 1.807) is 4.90 Å². The van der Waals surface area contributed by atoms with E-state index in [2.05, 4.69) is 45.2 Å². The molecular weight excluding hydrogens is 364 g/mol. The quantitative estimate of drug-likeness (QED) is 0.698. The van der Waals surface area contributed by atoms with Crippen LogP contribution in [-0.2, 0) is 4.74 Å². The molecule has 1 atom stereocenters. The maximum atomic E-state index is 12.2. The lowest BCUT2D eigenvalue weighted by molar-refractivity contribution is 0.0293. The van der Waals surface area contributed by atoms with E-state index in [4.69, 9.17) is 4.74 Å². The Balaban J connectivity index is 1.43. The predicted octanol–water partition coefficient (Wildman–Crippen LogP) is 4.76. The Hall–Kier alpha value is -3.02. The molecule has 2 heterocycles. The minimum Gasteiger partial charge on any atom is -0.444 e. The van der Waals surface area contributed by atoms with Gasteiger partial charge in [0.15, 0.2) is 0 Å². The van der Waals surface area contributed by atoms with Gasteiger partial charge in [-0.3, -0.25) is 4.57 Å². The van der Waals surface area contributed by atoms with Crippen molar-refractivity contribution in [2.75, 3.05) is 18.4 Å². The van der Waals surface area contributed by atoms with Gasteiger partial charge in [-0.2, -0.15) is 0 Å². The van der Waals surface area contributed by atoms with E-state index in [0.717, 1.165) is 34.7 Å². The van der Waals surface area contributed by atoms with Crippen molar-refractivity contribution in [1.82, 2.24) is 14.5 Å². The highest BCUT2D eigenvalue weighted by atomic mass is 16.6. The number of hydrogen-bond acceptors (Lipinski definition) is 4. The van der Waals surface area contributed by atoms with Crippen molar-refractivity contribution in [3.8, 4) is 5.69 Å². The highest BCUT2D eigenvalue weighted by molar-refractivity contribution is 5.78. The first kappa shape index (κ1) is 19.3. The molecule has 0 spiro atoms. The zero-order chi connectivity index (χ0) is 20.6. The van der Waals surface area contributed by atoms with Crippen LogP contribution in [0.4, 0.5) is 10.5 Å². The van der Waals surface area contributed by atoms with Crippen LogP contribution in [0.1, 0.15) is 33.0 Å². The number of aromatic nitrogens is 2. The molecule has 0 unspecified atom stereocenters. The van der Waals surface area contributed by atoms with E-state index in [1.165, 1.54) is 0 Å². The number of aryl methyl sites for hydroxylation is 1. The van der Waals surface area contributed by atoms with Crippen molar-refractivity contribution in [3.63, 3.8) is 0 Å². The molecule has 1 N–H and O–H groups in total. The molecule has 1 fully saturated rings. The number of nitrogens with one attached hydrogen (secondary N) is 1. The molecule has 6 nitrogen and oxygen atoms in total. The molecule has 29 heavy (non-hydrogen) atoms. The number of imidazole rings is 1. The van der Waals surface area contributed by atoms with E-state index in [0.29, 0.717) is 13.1 Å². The first-order valence-electron chi connectivity index (χ1n) is 10.1. The second-order valence-corrected chi connectivity index (χ2v) is 8.59. The summed E-state index contributed by atoms with van der Waals surface area (Å²) in [6.45, 7) is 9.07. The van der Waals surface area contributed by atoms with Crippen LogP contribution < -0.4 is 5.32 Å². The number of nitrogens with zero attached hydrogens (tertiary/aromatic N) is 3. The summed E-state index contributed by atoms with van der Waals surface area (Å²) in [6.07, 6.45) is 0.673. The van der Waals surface area contributed by atoms with Crippen molar-refractivity contribution >= 4 is 22.8 Å². The molecule has 0 saturated carbocycles. The molecule has 1 aliphatic heterocycles. The fourth-order valence-corrected chi connectivity index (χ4v) is 3.79. The van der Waals surface area contributed by atoms with E-state index < -0.39 is 5.60 Å². The van der Waals surface area contributed by atoms with Gasteiger partial charge < -0.3 is 15.0 Å². The largest absolute Gasteiger partial charge is 0.444 e. The zero-order valence-electron chi connectivity index (χ0n) is 17.5. The number of anilines is 1. The Morgan fingerprint density at radius 3 is 2.59 bits per heavy atom. The molecule has 1 aromatic heterocycles. The molecule has 1 amide bonds. The average Bonchev–Trinajstić information content (AvgIpc) is 3.25. The number of carbonyl (C=O) groups excluding carboxylic acids is 1. The van der Waals surface area contributed by atoms with E-state index in [1.807, 2.05) is 45.9 Å². The summed E-state index contributed by atoms with van der Waals surface area (Å²) in [5.74, 6) is 0.968. The van der Waals surface area contributed by atoms with Crippen molar-refractivity contribution < 1.29 is 9.53 Å². The third-order valence-electron chi connectivity index (χ3n) is 5.06. The van der Waals surface area contributed by atoms with Gasteiger partial charge in [0.1, 0.15) is 11.4 Å². The second kappa shape index (κ2) is 7.43. The van der Waals surface area contributed by atoms with E-state index in [-0.39, 0.29) is 12.1 Å². The molecule has 4 rings (SSSR count). The van der Waals surface area contributed by atoms with E-state index in [9.17, 15) is 4.79 Å². The number of hydrogen-bond donors (Lipinski definition) is 1. The number of amides is 1. The molecule has 2 aromatic carbocycles. The van der Waals surface area contributed by atoms with Gasteiger partial charge in [0, 0.05) is 30.5 Å². The van der Waals surface area contributed by atoms with Crippen LogP contribution in [0.3, 0.4) is 0 Å². The standard InChI is InChI=1S/C23H28N4O2/c1-16-24-20-7-5-6-8-21(20)27(16)19-11-9-17(10-12-19)25-18-13-14-26(15-18)22(28)29-23(2,3)4/h5-12,18,25H,13-15H2,1-4H3/t18-/m0/s1. The SMILES string of the molecule is Cc1nc2ccccc2n1-c1ccc(N[C@H]2CCN(C(=O)OC(C)(C)C)C2)cc1. The molecule has 3 aromatic rings. The van der Waals surface area contributed by atoms with Crippen LogP contribution in [0, 0.1) is 6.92 Å². The lowest BCUT2D eigenvalue weighted by atomic mass is 10.2. The Morgan fingerprint density at radius 2 is 1.86 bits per heavy atom. The Kier molecular flexibility index (Phi) is 4.94. The summed E-state index contributed by atoms with van der Waals surface area (Å²) in [5.41, 5.74) is 3.78. The lowest BCUT2D eigenvalue weighted by Crippen LogP contribution is -2.36. The maximum absolute atomic E-state index is 12.2. The van der Waals surface area contributed by atoms with Gasteiger partial charge in [-0.15, -0.1) is 0 Å². The number of ether oxygens (including phenoxy) is 1. The fraction of sp³-hybridized carbons (Fsp3) is 0.391. The summed E-state index contributed by atoms with van der Waals surface area (Å²) in [6, 6.07) is 16.8. The van der Waals surface area contributed by atoms with Crippen LogP contribution in [0.5, 0.6) is 0 Å². The average molecular weight is 393 g/mol. The Bertz CT molecular complexity index is 1020. The maximum Gasteiger partial charge on any atom is 0.410 e. The highest BCUT2D eigenvalue weighted by Crippen LogP contribution is 2.24. The molecule has 6 heteroatoms. The first-order chi connectivity index (χ1) is 13.8. The van der Waals surface area contributed by atoms with Gasteiger partial charge in [-0.05, 0) is 70.5 Å². The molecule has 0 aliphatic carbocycles. The number of fused-ring (bicyclic) bond motifs is 1. The van der Waals surface area contributed by atoms with Crippen molar-refractivity contribution in [3.05, 3.63) is 54.4 Å². The summed E-state index contributed by atoms with van der Waals surface area (Å²) < 4.78 is 7.64. The minimum absolute atomic E-state index is 0.226. The lowest BCUT2D eigenvalue weighted by Gasteiger charge is -2.24. The smallest absolute Gasteiger partial charge is 0.410 e. The number of rotatable bonds is 3. The summed E-state index contributed by atoms with van der Waals surface area (Å²) in [5, 5.41) is 3.54. The molecule has 0 radical (unpaired) electrons. The van der Waals surface area contributed by atoms with Crippen molar-refractivity contribution in [2.45, 2.75) is 45.8 Å². The summed E-state index contributed by atoms with van der Waals surface area (Å²) in [7, 11) is 0. The normalized spacial score (nSPS) is 17.0. The molecular formula is C23H28N4O2. The number of benzene rings is 2. The van der Waals surface area contributed by atoms with Gasteiger partial charge in [0.05, 0.1) is 11.0 Å². The second-order valence-electron chi connectivity index (χ2n) is 8.59. The Labute approximate surface area is 171 Å². The molecule has 1 saturated heterocycles. The van der Waals surface area contributed by atoms with Gasteiger partial charge in [-0.1, -0.05) is 12.1 Å². The van der Waals surface area contributed by atoms with Crippen molar-refractivity contribution in [2.24, 2.45) is 0 Å². The van der Waals surface area contributed by atoms with Crippen LogP contribution in [-0.4, -0.2) is 45.3 Å². The predicted molar refractivity (Wildman–Crippen MR) is 116 cm³/mol. The fourth-order valence-electron chi connectivity index (χ4n) is 3.79. The number of carbonyl (C=O) groups is 1. The topological polar surface area (TPSA) is 59.4 Å². The van der Waals surface area contributed by atoms with Gasteiger partial charge in [0.25, 0.3) is 0 Å². The van der Waals surface area contributed by atoms with Crippen LogP contribution in [0.15, 0.2) is 48.5 Å². The van der Waals surface area contributed by atoms with E-state index >= 15 is 0 Å². The molecule has 0 bridgehead atoms.